The number of carbonyl (C=O) groups is 1. The highest BCUT2D eigenvalue weighted by molar-refractivity contribution is 7.90. The molecule has 0 spiro atoms. The lowest BCUT2D eigenvalue weighted by Gasteiger charge is -2.11. The number of sulfonamides is 1. The van der Waals surface area contributed by atoms with Crippen molar-refractivity contribution in [3.63, 3.8) is 0 Å². The molecule has 0 radical (unpaired) electrons. The molecule has 2 N–H and O–H groups in total. The zero-order valence-electron chi connectivity index (χ0n) is 17.3. The molecule has 0 fully saturated rings. The van der Waals surface area contributed by atoms with E-state index in [9.17, 15) is 13.2 Å². The number of aryl methyl sites for hydroxylation is 2. The molecule has 0 aliphatic carbocycles. The number of amidine groups is 1. The van der Waals surface area contributed by atoms with Crippen molar-refractivity contribution in [1.82, 2.24) is 4.72 Å². The van der Waals surface area contributed by atoms with Crippen LogP contribution in [0.2, 0.25) is 0 Å². The van der Waals surface area contributed by atoms with Gasteiger partial charge in [0.05, 0.1) is 4.90 Å². The number of anilines is 1. The van der Waals surface area contributed by atoms with E-state index in [1.54, 1.807) is 12.1 Å². The molecule has 2 aromatic rings. The van der Waals surface area contributed by atoms with Gasteiger partial charge in [-0.25, -0.2) is 8.42 Å². The van der Waals surface area contributed by atoms with Gasteiger partial charge in [0.2, 0.25) is 0 Å². The van der Waals surface area contributed by atoms with E-state index in [1.807, 2.05) is 32.0 Å². The fourth-order valence-electron chi connectivity index (χ4n) is 3.25. The lowest BCUT2D eigenvalue weighted by Crippen LogP contribution is -2.30. The third-order valence-corrected chi connectivity index (χ3v) is 6.04. The average molecular weight is 430 g/mol. The monoisotopic (exact) mass is 429 g/mol. The maximum Gasteiger partial charge on any atom is 0.262 e. The Balaban J connectivity index is 1.56. The van der Waals surface area contributed by atoms with E-state index in [1.165, 1.54) is 12.1 Å². The molecule has 1 heterocycles. The molecule has 8 heteroatoms. The molecule has 0 saturated carbocycles. The van der Waals surface area contributed by atoms with Gasteiger partial charge in [0.15, 0.2) is 6.61 Å². The number of hydrogen-bond acceptors (Lipinski definition) is 5. The molecule has 7 nitrogen and oxygen atoms in total. The maximum absolute atomic E-state index is 12.6. The maximum atomic E-state index is 12.6. The van der Waals surface area contributed by atoms with Crippen LogP contribution in [-0.2, 0) is 14.8 Å². The van der Waals surface area contributed by atoms with E-state index in [-0.39, 0.29) is 17.4 Å². The van der Waals surface area contributed by atoms with Crippen LogP contribution in [0.1, 0.15) is 36.8 Å². The van der Waals surface area contributed by atoms with Gasteiger partial charge in [-0.15, -0.1) is 0 Å². The third-order valence-electron chi connectivity index (χ3n) is 4.64. The fourth-order valence-corrected chi connectivity index (χ4v) is 4.34. The Hall–Kier alpha value is -2.87. The van der Waals surface area contributed by atoms with Crippen LogP contribution in [0.15, 0.2) is 52.4 Å². The fraction of sp³-hybridized carbons (Fsp3) is 0.364. The molecular weight excluding hydrogens is 402 g/mol. The predicted molar refractivity (Wildman–Crippen MR) is 118 cm³/mol. The van der Waals surface area contributed by atoms with Gasteiger partial charge in [-0.1, -0.05) is 12.5 Å². The van der Waals surface area contributed by atoms with Crippen LogP contribution >= 0.6 is 0 Å². The second-order valence-electron chi connectivity index (χ2n) is 7.43. The summed E-state index contributed by atoms with van der Waals surface area (Å²) in [6, 6.07) is 11.8. The van der Waals surface area contributed by atoms with Crippen LogP contribution in [0.3, 0.4) is 0 Å². The van der Waals surface area contributed by atoms with Gasteiger partial charge < -0.3 is 10.1 Å². The number of carbonyl (C=O) groups excluding carboxylic acids is 1. The molecule has 160 valence electrons. The second-order valence-corrected chi connectivity index (χ2v) is 9.11. The lowest BCUT2D eigenvalue weighted by molar-refractivity contribution is -0.118. The van der Waals surface area contributed by atoms with Crippen molar-refractivity contribution in [2.24, 2.45) is 4.99 Å². The van der Waals surface area contributed by atoms with Crippen molar-refractivity contribution < 1.29 is 17.9 Å². The van der Waals surface area contributed by atoms with E-state index in [4.69, 9.17) is 4.74 Å². The molecule has 0 bridgehead atoms. The Morgan fingerprint density at radius 1 is 1.03 bits per heavy atom. The van der Waals surface area contributed by atoms with Crippen molar-refractivity contribution in [2.45, 2.75) is 44.4 Å². The summed E-state index contributed by atoms with van der Waals surface area (Å²) in [6.07, 6.45) is 3.59. The summed E-state index contributed by atoms with van der Waals surface area (Å²) in [4.78, 5) is 16.6. The normalized spacial score (nSPS) is 14.4. The van der Waals surface area contributed by atoms with E-state index in [0.717, 1.165) is 30.4 Å². The Morgan fingerprint density at radius 2 is 1.73 bits per heavy atom. The van der Waals surface area contributed by atoms with Gasteiger partial charge in [-0.05, 0) is 74.2 Å². The molecule has 1 amide bonds. The third kappa shape index (κ3) is 6.32. The molecule has 0 unspecified atom stereocenters. The van der Waals surface area contributed by atoms with Gasteiger partial charge in [0, 0.05) is 18.7 Å². The number of nitrogens with zero attached hydrogens (tertiary/aromatic N) is 1. The van der Waals surface area contributed by atoms with Crippen LogP contribution in [0.25, 0.3) is 0 Å². The van der Waals surface area contributed by atoms with Crippen LogP contribution in [0.5, 0.6) is 5.75 Å². The predicted octanol–water partition coefficient (Wildman–Crippen LogP) is 3.57. The summed E-state index contributed by atoms with van der Waals surface area (Å²) in [7, 11) is -3.69. The largest absolute Gasteiger partial charge is 0.484 e. The number of ether oxygens (including phenoxy) is 1. The van der Waals surface area contributed by atoms with Crippen molar-refractivity contribution in [1.29, 1.82) is 0 Å². The summed E-state index contributed by atoms with van der Waals surface area (Å²) < 4.78 is 33.2. The number of rotatable bonds is 6. The first-order chi connectivity index (χ1) is 14.3. The van der Waals surface area contributed by atoms with E-state index in [2.05, 4.69) is 15.0 Å². The average Bonchev–Trinajstić information content (AvgIpc) is 2.94. The van der Waals surface area contributed by atoms with Crippen LogP contribution < -0.4 is 14.8 Å². The number of aliphatic imine (C=N–C) groups is 1. The summed E-state index contributed by atoms with van der Waals surface area (Å²) in [6.45, 7) is 4.44. The van der Waals surface area contributed by atoms with Crippen LogP contribution in [0, 0.1) is 13.8 Å². The van der Waals surface area contributed by atoms with Crippen LogP contribution in [-0.4, -0.2) is 33.3 Å². The zero-order chi connectivity index (χ0) is 21.6. The smallest absolute Gasteiger partial charge is 0.262 e. The molecule has 30 heavy (non-hydrogen) atoms. The minimum Gasteiger partial charge on any atom is -0.484 e. The summed E-state index contributed by atoms with van der Waals surface area (Å²) in [5.74, 6) is 0.820. The van der Waals surface area contributed by atoms with E-state index < -0.39 is 10.0 Å². The molecule has 3 rings (SSSR count). The minimum absolute atomic E-state index is 0.124. The molecule has 0 atom stereocenters. The molecule has 0 aromatic heterocycles. The van der Waals surface area contributed by atoms with Gasteiger partial charge >= 0.3 is 0 Å². The topological polar surface area (TPSA) is 96.9 Å². The quantitative estimate of drug-likeness (QED) is 0.734. The SMILES string of the molecule is Cc1cc(C)cc(OCC(=O)Nc2ccc(S(=O)(=O)NC3=NCCCCC3)cc2)c1. The molecule has 1 aliphatic heterocycles. The summed E-state index contributed by atoms with van der Waals surface area (Å²) in [5, 5.41) is 2.71. The van der Waals surface area contributed by atoms with Crippen molar-refractivity contribution >= 4 is 27.5 Å². The number of benzene rings is 2. The molecule has 2 aromatic carbocycles. The highest BCUT2D eigenvalue weighted by atomic mass is 32.2. The van der Waals surface area contributed by atoms with Gasteiger partial charge in [-0.2, -0.15) is 0 Å². The second kappa shape index (κ2) is 9.75. The Morgan fingerprint density at radius 3 is 2.43 bits per heavy atom. The van der Waals surface area contributed by atoms with Crippen molar-refractivity contribution in [3.05, 3.63) is 53.6 Å². The van der Waals surface area contributed by atoms with Gasteiger partial charge in [-0.3, -0.25) is 14.5 Å². The van der Waals surface area contributed by atoms with Gasteiger partial charge in [0.25, 0.3) is 15.9 Å². The lowest BCUT2D eigenvalue weighted by atomic mass is 10.1. The highest BCUT2D eigenvalue weighted by Gasteiger charge is 2.17. The molecule has 0 saturated heterocycles. The Kier molecular flexibility index (Phi) is 7.10. The van der Waals surface area contributed by atoms with Gasteiger partial charge in [0.1, 0.15) is 11.6 Å². The standard InChI is InChI=1S/C22H27N3O4S/c1-16-12-17(2)14-19(13-16)29-15-22(26)24-18-7-9-20(10-8-18)30(27,28)25-21-6-4-3-5-11-23-21/h7-10,12-14H,3-6,11,15H2,1-2H3,(H,23,25)(H,24,26). The first-order valence-corrected chi connectivity index (χ1v) is 11.5. The Labute approximate surface area is 177 Å². The molecule has 1 aliphatic rings. The van der Waals surface area contributed by atoms with E-state index >= 15 is 0 Å². The molecular formula is C22H27N3O4S. The number of nitrogens with one attached hydrogen (secondary N) is 2. The summed E-state index contributed by atoms with van der Waals surface area (Å²) in [5.41, 5.74) is 2.62. The Bertz CT molecular complexity index is 1010. The number of hydrogen-bond donors (Lipinski definition) is 2. The van der Waals surface area contributed by atoms with Crippen LogP contribution in [0.4, 0.5) is 5.69 Å². The van der Waals surface area contributed by atoms with Crippen molar-refractivity contribution in [2.75, 3.05) is 18.5 Å². The van der Waals surface area contributed by atoms with Crippen molar-refractivity contribution in [3.8, 4) is 5.75 Å². The highest BCUT2D eigenvalue weighted by Crippen LogP contribution is 2.17. The zero-order valence-corrected chi connectivity index (χ0v) is 18.1. The van der Waals surface area contributed by atoms with E-state index in [0.29, 0.717) is 30.2 Å². The summed E-state index contributed by atoms with van der Waals surface area (Å²) >= 11 is 0. The first kappa shape index (κ1) is 21.8. The first-order valence-electron chi connectivity index (χ1n) is 9.99. The minimum atomic E-state index is -3.69. The number of amides is 1.